The van der Waals surface area contributed by atoms with Gasteiger partial charge in [-0.2, -0.15) is 0 Å². The van der Waals surface area contributed by atoms with Gasteiger partial charge in [0.1, 0.15) is 5.92 Å². The molecule has 1 aliphatic carbocycles. The second kappa shape index (κ2) is 3.56. The first kappa shape index (κ1) is 9.03. The van der Waals surface area contributed by atoms with Crippen LogP contribution in [0, 0.1) is 5.92 Å². The van der Waals surface area contributed by atoms with E-state index in [0.717, 1.165) is 12.8 Å². The third-order valence-electron chi connectivity index (χ3n) is 1.95. The van der Waals surface area contributed by atoms with Crippen molar-refractivity contribution in [2.45, 2.75) is 32.2 Å². The van der Waals surface area contributed by atoms with Gasteiger partial charge in [0.25, 0.3) is 0 Å². The Kier molecular flexibility index (Phi) is 2.68. The molecule has 0 spiro atoms. The second-order valence-corrected chi connectivity index (χ2v) is 3.08. The van der Waals surface area contributed by atoms with E-state index in [1.807, 2.05) is 0 Å². The Morgan fingerprint density at radius 3 is 2.50 bits per heavy atom. The van der Waals surface area contributed by atoms with Crippen LogP contribution in [-0.2, 0) is 9.59 Å². The monoisotopic (exact) mass is 171 g/mol. The number of carbonyl (C=O) groups excluding carboxylic acids is 1. The highest BCUT2D eigenvalue weighted by Crippen LogP contribution is 2.19. The fourth-order valence-corrected chi connectivity index (χ4v) is 1.00. The van der Waals surface area contributed by atoms with Gasteiger partial charge in [0.2, 0.25) is 5.91 Å². The first-order valence-corrected chi connectivity index (χ1v) is 4.18. The first-order chi connectivity index (χ1) is 5.65. The van der Waals surface area contributed by atoms with Crippen molar-refractivity contribution in [1.82, 2.24) is 5.32 Å². The van der Waals surface area contributed by atoms with Gasteiger partial charge < -0.3 is 10.4 Å². The molecule has 1 unspecified atom stereocenters. The normalized spacial score (nSPS) is 18.4. The number of aliphatic carboxylic acids is 1. The summed E-state index contributed by atoms with van der Waals surface area (Å²) in [6, 6.07) is 0.242. The van der Waals surface area contributed by atoms with E-state index in [4.69, 9.17) is 5.11 Å². The number of carboxylic acids is 1. The molecule has 0 aromatic carbocycles. The van der Waals surface area contributed by atoms with E-state index < -0.39 is 11.9 Å². The highest BCUT2D eigenvalue weighted by Gasteiger charge is 2.29. The molecule has 68 valence electrons. The molecule has 0 bridgehead atoms. The lowest BCUT2D eigenvalue weighted by atomic mass is 10.1. The molecule has 0 heterocycles. The van der Waals surface area contributed by atoms with Crippen molar-refractivity contribution in [2.24, 2.45) is 5.92 Å². The molecule has 12 heavy (non-hydrogen) atoms. The molecule has 0 aliphatic heterocycles. The van der Waals surface area contributed by atoms with E-state index in [0.29, 0.717) is 6.42 Å². The number of carbonyl (C=O) groups is 2. The molecule has 1 atom stereocenters. The quantitative estimate of drug-likeness (QED) is 0.601. The van der Waals surface area contributed by atoms with Gasteiger partial charge >= 0.3 is 5.97 Å². The van der Waals surface area contributed by atoms with Gasteiger partial charge in [0.05, 0.1) is 0 Å². The van der Waals surface area contributed by atoms with Crippen molar-refractivity contribution in [3.63, 3.8) is 0 Å². The Labute approximate surface area is 71.0 Å². The molecule has 4 heteroatoms. The lowest BCUT2D eigenvalue weighted by Crippen LogP contribution is -2.36. The minimum atomic E-state index is -1.03. The molecule has 1 aliphatic rings. The average molecular weight is 171 g/mol. The predicted molar refractivity (Wildman–Crippen MR) is 42.6 cm³/mol. The number of rotatable bonds is 4. The minimum absolute atomic E-state index is 0.242. The van der Waals surface area contributed by atoms with Crippen molar-refractivity contribution in [3.05, 3.63) is 0 Å². The predicted octanol–water partition coefficient (Wildman–Crippen LogP) is 0.376. The second-order valence-electron chi connectivity index (χ2n) is 3.08. The molecule has 0 aromatic heterocycles. The lowest BCUT2D eigenvalue weighted by Gasteiger charge is -2.09. The Hall–Kier alpha value is -1.06. The van der Waals surface area contributed by atoms with Crippen LogP contribution in [0.2, 0.25) is 0 Å². The Morgan fingerprint density at radius 2 is 2.17 bits per heavy atom. The van der Waals surface area contributed by atoms with Crippen LogP contribution in [0.15, 0.2) is 0 Å². The molecule has 1 rings (SSSR count). The van der Waals surface area contributed by atoms with Crippen LogP contribution < -0.4 is 5.32 Å². The fourth-order valence-electron chi connectivity index (χ4n) is 1.00. The van der Waals surface area contributed by atoms with Crippen LogP contribution in [-0.4, -0.2) is 23.0 Å². The van der Waals surface area contributed by atoms with E-state index in [2.05, 4.69) is 5.32 Å². The zero-order valence-electron chi connectivity index (χ0n) is 7.04. The van der Waals surface area contributed by atoms with Crippen LogP contribution in [0.4, 0.5) is 0 Å². The van der Waals surface area contributed by atoms with E-state index in [1.54, 1.807) is 6.92 Å². The van der Waals surface area contributed by atoms with E-state index in [9.17, 15) is 9.59 Å². The van der Waals surface area contributed by atoms with Gasteiger partial charge in [0, 0.05) is 6.04 Å². The van der Waals surface area contributed by atoms with Crippen LogP contribution in [0.25, 0.3) is 0 Å². The van der Waals surface area contributed by atoms with Crippen molar-refractivity contribution in [1.29, 1.82) is 0 Å². The van der Waals surface area contributed by atoms with Crippen LogP contribution >= 0.6 is 0 Å². The largest absolute Gasteiger partial charge is 0.481 e. The molecule has 1 saturated carbocycles. The Balaban J connectivity index is 2.40. The van der Waals surface area contributed by atoms with Crippen molar-refractivity contribution in [3.8, 4) is 0 Å². The number of hydrogen-bond acceptors (Lipinski definition) is 2. The van der Waals surface area contributed by atoms with Gasteiger partial charge in [-0.3, -0.25) is 9.59 Å². The van der Waals surface area contributed by atoms with Gasteiger partial charge in [-0.25, -0.2) is 0 Å². The summed E-state index contributed by atoms with van der Waals surface area (Å²) in [6.07, 6.45) is 2.33. The topological polar surface area (TPSA) is 66.4 Å². The maximum absolute atomic E-state index is 11.2. The molecule has 0 radical (unpaired) electrons. The SMILES string of the molecule is CCC(C(=O)O)C(=O)NC1CC1. The summed E-state index contributed by atoms with van der Waals surface area (Å²) in [5.74, 6) is -2.24. The van der Waals surface area contributed by atoms with Crippen molar-refractivity contribution in [2.75, 3.05) is 0 Å². The molecule has 0 aromatic rings. The molecule has 4 nitrogen and oxygen atoms in total. The summed E-state index contributed by atoms with van der Waals surface area (Å²) < 4.78 is 0. The minimum Gasteiger partial charge on any atom is -0.481 e. The van der Waals surface area contributed by atoms with Gasteiger partial charge in [-0.05, 0) is 19.3 Å². The number of hydrogen-bond donors (Lipinski definition) is 2. The molecule has 1 amide bonds. The number of amides is 1. The molecule has 0 saturated heterocycles. The zero-order chi connectivity index (χ0) is 9.14. The van der Waals surface area contributed by atoms with Crippen LogP contribution in [0.3, 0.4) is 0 Å². The van der Waals surface area contributed by atoms with Crippen molar-refractivity contribution >= 4 is 11.9 Å². The maximum atomic E-state index is 11.2. The van der Waals surface area contributed by atoms with Crippen LogP contribution in [0.1, 0.15) is 26.2 Å². The summed E-state index contributed by atoms with van der Waals surface area (Å²) >= 11 is 0. The number of nitrogens with one attached hydrogen (secondary N) is 1. The standard InChI is InChI=1S/C8H13NO3/c1-2-6(8(11)12)7(10)9-5-3-4-5/h5-6H,2-4H2,1H3,(H,9,10)(H,11,12). The average Bonchev–Trinajstić information content (AvgIpc) is 2.71. The lowest BCUT2D eigenvalue weighted by molar-refractivity contribution is -0.147. The van der Waals surface area contributed by atoms with Crippen molar-refractivity contribution < 1.29 is 14.7 Å². The van der Waals surface area contributed by atoms with E-state index in [1.165, 1.54) is 0 Å². The molecular weight excluding hydrogens is 158 g/mol. The maximum Gasteiger partial charge on any atom is 0.316 e. The van der Waals surface area contributed by atoms with Gasteiger partial charge in [-0.1, -0.05) is 6.92 Å². The summed E-state index contributed by atoms with van der Waals surface area (Å²) in [5, 5.41) is 11.3. The summed E-state index contributed by atoms with van der Waals surface area (Å²) in [7, 11) is 0. The highest BCUT2D eigenvalue weighted by atomic mass is 16.4. The van der Waals surface area contributed by atoms with Crippen LogP contribution in [0.5, 0.6) is 0 Å². The summed E-state index contributed by atoms with van der Waals surface area (Å²) in [6.45, 7) is 1.70. The summed E-state index contributed by atoms with van der Waals surface area (Å²) in [4.78, 5) is 21.7. The molecular formula is C8H13NO3. The molecule has 2 N–H and O–H groups in total. The third-order valence-corrected chi connectivity index (χ3v) is 1.95. The van der Waals surface area contributed by atoms with Gasteiger partial charge in [-0.15, -0.1) is 0 Å². The summed E-state index contributed by atoms with van der Waals surface area (Å²) in [5.41, 5.74) is 0. The first-order valence-electron chi connectivity index (χ1n) is 4.18. The van der Waals surface area contributed by atoms with E-state index >= 15 is 0 Å². The highest BCUT2D eigenvalue weighted by molar-refractivity contribution is 5.97. The van der Waals surface area contributed by atoms with Gasteiger partial charge in [0.15, 0.2) is 0 Å². The Bertz CT molecular complexity index is 198. The fraction of sp³-hybridized carbons (Fsp3) is 0.750. The third kappa shape index (κ3) is 2.22. The number of carboxylic acid groups (broad SMARTS) is 1. The Morgan fingerprint density at radius 1 is 1.58 bits per heavy atom. The van der Waals surface area contributed by atoms with E-state index in [-0.39, 0.29) is 11.9 Å². The smallest absolute Gasteiger partial charge is 0.316 e. The zero-order valence-corrected chi connectivity index (χ0v) is 7.04. The molecule has 1 fully saturated rings.